The molecule has 2 heteroatoms. The summed E-state index contributed by atoms with van der Waals surface area (Å²) in [4.78, 5) is 12.2. The minimum absolute atomic E-state index is 0.0387. The van der Waals surface area contributed by atoms with Crippen molar-refractivity contribution in [2.75, 3.05) is 5.73 Å². The second-order valence-corrected chi connectivity index (χ2v) is 4.27. The highest BCUT2D eigenvalue weighted by Gasteiger charge is 2.09. The second-order valence-electron chi connectivity index (χ2n) is 4.27. The molecule has 0 aromatic heterocycles. The summed E-state index contributed by atoms with van der Waals surface area (Å²) in [5.41, 5.74) is 9.87. The molecule has 0 radical (unpaired) electrons. The Kier molecular flexibility index (Phi) is 2.96. The van der Waals surface area contributed by atoms with E-state index in [4.69, 9.17) is 5.73 Å². The number of hydrogen-bond donors (Lipinski definition) is 1. The molecule has 0 aliphatic rings. The zero-order valence-corrected chi connectivity index (χ0v) is 10.0. The van der Waals surface area contributed by atoms with Crippen molar-refractivity contribution >= 4 is 11.5 Å². The summed E-state index contributed by atoms with van der Waals surface area (Å²) in [6, 6.07) is 13.0. The Labute approximate surface area is 101 Å². The van der Waals surface area contributed by atoms with Crippen molar-refractivity contribution in [1.29, 1.82) is 0 Å². The number of ketones is 1. The quantitative estimate of drug-likeness (QED) is 0.630. The van der Waals surface area contributed by atoms with Crippen LogP contribution in [-0.4, -0.2) is 5.78 Å². The van der Waals surface area contributed by atoms with Gasteiger partial charge >= 0.3 is 0 Å². The molecule has 0 amide bonds. The van der Waals surface area contributed by atoms with Gasteiger partial charge in [-0.3, -0.25) is 4.79 Å². The topological polar surface area (TPSA) is 43.1 Å². The van der Waals surface area contributed by atoms with Crippen LogP contribution in [0.1, 0.15) is 27.0 Å². The van der Waals surface area contributed by atoms with Crippen LogP contribution in [0.25, 0.3) is 0 Å². The van der Waals surface area contributed by atoms with Gasteiger partial charge in [-0.1, -0.05) is 23.8 Å². The summed E-state index contributed by atoms with van der Waals surface area (Å²) < 4.78 is 0. The van der Waals surface area contributed by atoms with Gasteiger partial charge in [-0.2, -0.15) is 0 Å². The van der Waals surface area contributed by atoms with Crippen LogP contribution < -0.4 is 5.73 Å². The lowest BCUT2D eigenvalue weighted by atomic mass is 10.00. The van der Waals surface area contributed by atoms with Gasteiger partial charge in [-0.15, -0.1) is 0 Å². The molecular formula is C15H15NO. The molecule has 0 aliphatic heterocycles. The van der Waals surface area contributed by atoms with E-state index in [1.807, 2.05) is 44.2 Å². The molecule has 0 aliphatic carbocycles. The Morgan fingerprint density at radius 1 is 1.00 bits per heavy atom. The van der Waals surface area contributed by atoms with Gasteiger partial charge in [0.25, 0.3) is 0 Å². The summed E-state index contributed by atoms with van der Waals surface area (Å²) in [5.74, 6) is 0.0387. The monoisotopic (exact) mass is 225 g/mol. The minimum Gasteiger partial charge on any atom is -0.399 e. The molecule has 86 valence electrons. The molecule has 2 rings (SSSR count). The first-order valence-corrected chi connectivity index (χ1v) is 5.55. The highest BCUT2D eigenvalue weighted by Crippen LogP contribution is 2.16. The summed E-state index contributed by atoms with van der Waals surface area (Å²) in [6.45, 7) is 3.88. The van der Waals surface area contributed by atoms with E-state index in [-0.39, 0.29) is 5.78 Å². The zero-order chi connectivity index (χ0) is 12.4. The van der Waals surface area contributed by atoms with Crippen LogP contribution in [0.4, 0.5) is 5.69 Å². The number of nitrogens with two attached hydrogens (primary N) is 1. The largest absolute Gasteiger partial charge is 0.399 e. The van der Waals surface area contributed by atoms with Gasteiger partial charge in [0.05, 0.1) is 0 Å². The summed E-state index contributed by atoms with van der Waals surface area (Å²) >= 11 is 0. The Bertz CT molecular complexity index is 573. The van der Waals surface area contributed by atoms with Crippen LogP contribution in [-0.2, 0) is 0 Å². The highest BCUT2D eigenvalue weighted by atomic mass is 16.1. The van der Waals surface area contributed by atoms with Gasteiger partial charge in [0.2, 0.25) is 0 Å². The fourth-order valence-electron chi connectivity index (χ4n) is 1.77. The number of benzene rings is 2. The maximum absolute atomic E-state index is 12.2. The van der Waals surface area contributed by atoms with E-state index in [1.165, 1.54) is 0 Å². The van der Waals surface area contributed by atoms with Crippen molar-refractivity contribution in [1.82, 2.24) is 0 Å². The standard InChI is InChI=1S/C15H15NO/c1-10-4-3-5-12(8-10)15(17)13-6-7-14(16)11(2)9-13/h3-9H,16H2,1-2H3. The fraction of sp³-hybridized carbons (Fsp3) is 0.133. The molecular weight excluding hydrogens is 210 g/mol. The number of carbonyl (C=O) groups is 1. The SMILES string of the molecule is Cc1cccc(C(=O)c2ccc(N)c(C)c2)c1. The highest BCUT2D eigenvalue weighted by molar-refractivity contribution is 6.09. The maximum atomic E-state index is 12.2. The van der Waals surface area contributed by atoms with Crippen molar-refractivity contribution in [3.8, 4) is 0 Å². The smallest absolute Gasteiger partial charge is 0.193 e. The van der Waals surface area contributed by atoms with Crippen molar-refractivity contribution in [2.45, 2.75) is 13.8 Å². The van der Waals surface area contributed by atoms with E-state index in [0.717, 1.165) is 11.1 Å². The number of aryl methyl sites for hydroxylation is 2. The second kappa shape index (κ2) is 4.42. The van der Waals surface area contributed by atoms with Crippen LogP contribution in [0.3, 0.4) is 0 Å². The first-order valence-electron chi connectivity index (χ1n) is 5.55. The first kappa shape index (κ1) is 11.4. The van der Waals surface area contributed by atoms with E-state index in [2.05, 4.69) is 0 Å². The number of anilines is 1. The van der Waals surface area contributed by atoms with Crippen LogP contribution in [0.5, 0.6) is 0 Å². The summed E-state index contributed by atoms with van der Waals surface area (Å²) in [6.07, 6.45) is 0. The molecule has 0 heterocycles. The predicted octanol–water partition coefficient (Wildman–Crippen LogP) is 3.12. The fourth-order valence-corrected chi connectivity index (χ4v) is 1.77. The lowest BCUT2D eigenvalue weighted by molar-refractivity contribution is 0.103. The predicted molar refractivity (Wildman–Crippen MR) is 70.2 cm³/mol. The molecule has 0 bridgehead atoms. The molecule has 0 atom stereocenters. The molecule has 2 nitrogen and oxygen atoms in total. The Hall–Kier alpha value is -2.09. The average Bonchev–Trinajstić information content (AvgIpc) is 2.32. The molecule has 0 spiro atoms. The molecule has 2 aromatic carbocycles. The van der Waals surface area contributed by atoms with Crippen LogP contribution >= 0.6 is 0 Å². The number of rotatable bonds is 2. The van der Waals surface area contributed by atoms with E-state index in [0.29, 0.717) is 16.8 Å². The number of nitrogen functional groups attached to an aromatic ring is 1. The lowest BCUT2D eigenvalue weighted by Gasteiger charge is -2.05. The van der Waals surface area contributed by atoms with Crippen molar-refractivity contribution in [3.05, 3.63) is 64.7 Å². The van der Waals surface area contributed by atoms with Gasteiger partial charge in [0.15, 0.2) is 5.78 Å². The molecule has 2 N–H and O–H groups in total. The average molecular weight is 225 g/mol. The molecule has 0 fully saturated rings. The first-order chi connectivity index (χ1) is 8.08. The third kappa shape index (κ3) is 2.36. The van der Waals surface area contributed by atoms with Crippen LogP contribution in [0.2, 0.25) is 0 Å². The van der Waals surface area contributed by atoms with Crippen molar-refractivity contribution in [3.63, 3.8) is 0 Å². The Morgan fingerprint density at radius 3 is 2.35 bits per heavy atom. The van der Waals surface area contributed by atoms with E-state index >= 15 is 0 Å². The van der Waals surface area contributed by atoms with Crippen molar-refractivity contribution < 1.29 is 4.79 Å². The molecule has 2 aromatic rings. The third-order valence-electron chi connectivity index (χ3n) is 2.81. The van der Waals surface area contributed by atoms with Crippen LogP contribution in [0, 0.1) is 13.8 Å². The Morgan fingerprint density at radius 2 is 1.71 bits per heavy atom. The van der Waals surface area contributed by atoms with Gasteiger partial charge < -0.3 is 5.73 Å². The van der Waals surface area contributed by atoms with E-state index < -0.39 is 0 Å². The van der Waals surface area contributed by atoms with Gasteiger partial charge in [0, 0.05) is 16.8 Å². The normalized spacial score (nSPS) is 10.2. The Balaban J connectivity index is 2.40. The third-order valence-corrected chi connectivity index (χ3v) is 2.81. The van der Waals surface area contributed by atoms with Gasteiger partial charge in [-0.05, 0) is 43.7 Å². The van der Waals surface area contributed by atoms with Gasteiger partial charge in [-0.25, -0.2) is 0 Å². The maximum Gasteiger partial charge on any atom is 0.193 e. The van der Waals surface area contributed by atoms with Gasteiger partial charge in [0.1, 0.15) is 0 Å². The number of carbonyl (C=O) groups excluding carboxylic acids is 1. The summed E-state index contributed by atoms with van der Waals surface area (Å²) in [7, 11) is 0. The van der Waals surface area contributed by atoms with Crippen molar-refractivity contribution in [2.24, 2.45) is 0 Å². The number of hydrogen-bond acceptors (Lipinski definition) is 2. The molecule has 0 saturated heterocycles. The zero-order valence-electron chi connectivity index (χ0n) is 10.0. The van der Waals surface area contributed by atoms with E-state index in [1.54, 1.807) is 12.1 Å². The van der Waals surface area contributed by atoms with Crippen LogP contribution in [0.15, 0.2) is 42.5 Å². The van der Waals surface area contributed by atoms with E-state index in [9.17, 15) is 4.79 Å². The molecule has 17 heavy (non-hydrogen) atoms. The summed E-state index contributed by atoms with van der Waals surface area (Å²) in [5, 5.41) is 0. The molecule has 0 saturated carbocycles. The minimum atomic E-state index is 0.0387. The lowest BCUT2D eigenvalue weighted by Crippen LogP contribution is -2.02. The molecule has 0 unspecified atom stereocenters.